The summed E-state index contributed by atoms with van der Waals surface area (Å²) < 4.78 is 10.7. The smallest absolute Gasteiger partial charge is 0.246 e. The third-order valence-corrected chi connectivity index (χ3v) is 8.26. The Morgan fingerprint density at radius 1 is 1.26 bits per heavy atom. The summed E-state index contributed by atoms with van der Waals surface area (Å²) in [6.07, 6.45) is 7.22. The summed E-state index contributed by atoms with van der Waals surface area (Å²) >= 11 is 0. The summed E-state index contributed by atoms with van der Waals surface area (Å²) in [6, 6.07) is 5.73. The SMILES string of the molecule is CCCS1(C)CCN(C(=O)/C=C/c2ccc3c(c2)OCO3)CC1. The molecule has 0 bridgehead atoms. The number of benzene rings is 1. The molecule has 4 nitrogen and oxygen atoms in total. The molecule has 0 aromatic heterocycles. The first-order valence-electron chi connectivity index (χ1n) is 8.18. The second-order valence-electron chi connectivity index (χ2n) is 6.36. The molecule has 0 spiro atoms. The van der Waals surface area contributed by atoms with Crippen molar-refractivity contribution in [2.75, 3.05) is 43.4 Å². The van der Waals surface area contributed by atoms with Gasteiger partial charge in [-0.05, 0) is 53.7 Å². The minimum atomic E-state index is -0.479. The Hall–Kier alpha value is -1.62. The molecule has 1 amide bonds. The fraction of sp³-hybridized carbons (Fsp3) is 0.500. The first kappa shape index (κ1) is 16.2. The highest BCUT2D eigenvalue weighted by atomic mass is 32.3. The molecule has 0 N–H and O–H groups in total. The standard InChI is InChI=1S/C18H25NO3S/c1-3-10-23(2)11-8-19(9-12-23)18(20)7-5-15-4-6-16-17(13-15)22-14-21-16/h4-7,13H,3,8-12,14H2,1-2H3/b7-5+. The maximum atomic E-state index is 12.4. The molecule has 3 rings (SSSR count). The molecule has 1 aromatic carbocycles. The van der Waals surface area contributed by atoms with Crippen LogP contribution in [0.2, 0.25) is 0 Å². The van der Waals surface area contributed by atoms with E-state index in [2.05, 4.69) is 13.2 Å². The Kier molecular flexibility index (Phi) is 4.85. The minimum absolute atomic E-state index is 0.112. The van der Waals surface area contributed by atoms with Gasteiger partial charge >= 0.3 is 0 Å². The monoisotopic (exact) mass is 335 g/mol. The topological polar surface area (TPSA) is 38.8 Å². The van der Waals surface area contributed by atoms with Gasteiger partial charge in [-0.25, -0.2) is 10.0 Å². The van der Waals surface area contributed by atoms with Crippen molar-refractivity contribution < 1.29 is 14.3 Å². The van der Waals surface area contributed by atoms with Gasteiger partial charge in [-0.1, -0.05) is 13.0 Å². The Morgan fingerprint density at radius 3 is 2.74 bits per heavy atom. The molecule has 2 aliphatic heterocycles. The van der Waals surface area contributed by atoms with Crippen molar-refractivity contribution in [3.63, 3.8) is 0 Å². The summed E-state index contributed by atoms with van der Waals surface area (Å²) in [6.45, 7) is 4.32. The third-order valence-electron chi connectivity index (χ3n) is 4.53. The van der Waals surface area contributed by atoms with Crippen LogP contribution in [-0.2, 0) is 4.79 Å². The number of ether oxygens (including phenoxy) is 2. The van der Waals surface area contributed by atoms with Crippen molar-refractivity contribution in [2.45, 2.75) is 13.3 Å². The summed E-state index contributed by atoms with van der Waals surface area (Å²) in [5.41, 5.74) is 0.959. The van der Waals surface area contributed by atoms with Gasteiger partial charge in [0, 0.05) is 19.2 Å². The molecular weight excluding hydrogens is 310 g/mol. The number of rotatable bonds is 4. The number of hydrogen-bond donors (Lipinski definition) is 0. The summed E-state index contributed by atoms with van der Waals surface area (Å²) in [5, 5.41) is 0. The second kappa shape index (κ2) is 6.87. The van der Waals surface area contributed by atoms with E-state index in [1.807, 2.05) is 29.2 Å². The first-order valence-corrected chi connectivity index (χ1v) is 10.7. The quantitative estimate of drug-likeness (QED) is 0.794. The zero-order chi connectivity index (χ0) is 16.3. The summed E-state index contributed by atoms with van der Waals surface area (Å²) in [5.74, 6) is 5.33. The molecule has 1 aromatic rings. The van der Waals surface area contributed by atoms with Crippen LogP contribution in [0.3, 0.4) is 0 Å². The average molecular weight is 335 g/mol. The van der Waals surface area contributed by atoms with Crippen LogP contribution >= 0.6 is 10.0 Å². The Morgan fingerprint density at radius 2 is 2.00 bits per heavy atom. The highest BCUT2D eigenvalue weighted by Crippen LogP contribution is 2.46. The van der Waals surface area contributed by atoms with Gasteiger partial charge in [0.25, 0.3) is 0 Å². The molecule has 1 saturated heterocycles. The van der Waals surface area contributed by atoms with Crippen LogP contribution in [0.1, 0.15) is 18.9 Å². The predicted octanol–water partition coefficient (Wildman–Crippen LogP) is 3.12. The van der Waals surface area contributed by atoms with E-state index in [1.165, 1.54) is 23.7 Å². The molecule has 23 heavy (non-hydrogen) atoms. The minimum Gasteiger partial charge on any atom is -0.454 e. The number of carbonyl (C=O) groups is 1. The van der Waals surface area contributed by atoms with Gasteiger partial charge < -0.3 is 14.4 Å². The van der Waals surface area contributed by atoms with Gasteiger partial charge in [-0.2, -0.15) is 0 Å². The Labute approximate surface area is 139 Å². The third kappa shape index (κ3) is 3.83. The number of amides is 1. The lowest BCUT2D eigenvalue weighted by atomic mass is 10.2. The van der Waals surface area contributed by atoms with Crippen LogP contribution in [-0.4, -0.2) is 54.2 Å². The number of fused-ring (bicyclic) bond motifs is 1. The van der Waals surface area contributed by atoms with E-state index < -0.39 is 10.0 Å². The summed E-state index contributed by atoms with van der Waals surface area (Å²) in [4.78, 5) is 14.3. The molecule has 0 radical (unpaired) electrons. The zero-order valence-corrected chi connectivity index (χ0v) is 14.7. The predicted molar refractivity (Wildman–Crippen MR) is 96.6 cm³/mol. The molecule has 2 aliphatic rings. The van der Waals surface area contributed by atoms with E-state index in [1.54, 1.807) is 6.08 Å². The van der Waals surface area contributed by atoms with Crippen molar-refractivity contribution in [3.8, 4) is 11.5 Å². The molecule has 0 unspecified atom stereocenters. The van der Waals surface area contributed by atoms with Crippen LogP contribution in [0.5, 0.6) is 11.5 Å². The van der Waals surface area contributed by atoms with Crippen LogP contribution in [0, 0.1) is 0 Å². The van der Waals surface area contributed by atoms with E-state index in [9.17, 15) is 4.79 Å². The first-order chi connectivity index (χ1) is 11.1. The lowest BCUT2D eigenvalue weighted by Gasteiger charge is -2.43. The fourth-order valence-corrected chi connectivity index (χ4v) is 6.00. The number of carbonyl (C=O) groups excluding carboxylic acids is 1. The van der Waals surface area contributed by atoms with E-state index in [4.69, 9.17) is 9.47 Å². The second-order valence-corrected chi connectivity index (χ2v) is 10.5. The van der Waals surface area contributed by atoms with Crippen molar-refractivity contribution >= 4 is 22.0 Å². The average Bonchev–Trinajstić information content (AvgIpc) is 3.01. The van der Waals surface area contributed by atoms with E-state index in [0.717, 1.165) is 30.2 Å². The van der Waals surface area contributed by atoms with Crippen molar-refractivity contribution in [3.05, 3.63) is 29.8 Å². The largest absolute Gasteiger partial charge is 0.454 e. The number of hydrogen-bond acceptors (Lipinski definition) is 3. The van der Waals surface area contributed by atoms with E-state index in [0.29, 0.717) is 0 Å². The maximum Gasteiger partial charge on any atom is 0.246 e. The molecular formula is C18H25NO3S. The lowest BCUT2D eigenvalue weighted by molar-refractivity contribution is -0.125. The van der Waals surface area contributed by atoms with Crippen LogP contribution in [0.25, 0.3) is 6.08 Å². The van der Waals surface area contributed by atoms with E-state index in [-0.39, 0.29) is 12.7 Å². The molecule has 1 fully saturated rings. The highest BCUT2D eigenvalue weighted by molar-refractivity contribution is 8.33. The molecule has 0 aliphatic carbocycles. The van der Waals surface area contributed by atoms with Crippen LogP contribution in [0.4, 0.5) is 0 Å². The van der Waals surface area contributed by atoms with Gasteiger partial charge in [0.1, 0.15) is 0 Å². The zero-order valence-electron chi connectivity index (χ0n) is 13.9. The van der Waals surface area contributed by atoms with Crippen molar-refractivity contribution in [1.82, 2.24) is 4.90 Å². The van der Waals surface area contributed by atoms with E-state index >= 15 is 0 Å². The van der Waals surface area contributed by atoms with Crippen molar-refractivity contribution in [1.29, 1.82) is 0 Å². The fourth-order valence-electron chi connectivity index (χ4n) is 3.08. The van der Waals surface area contributed by atoms with Gasteiger partial charge in [-0.15, -0.1) is 0 Å². The van der Waals surface area contributed by atoms with Gasteiger partial charge in [-0.3, -0.25) is 4.79 Å². The Bertz CT molecular complexity index is 606. The highest BCUT2D eigenvalue weighted by Gasteiger charge is 2.26. The maximum absolute atomic E-state index is 12.4. The molecule has 0 saturated carbocycles. The molecule has 2 heterocycles. The Balaban J connectivity index is 1.57. The normalized spacial score (nSPS) is 20.7. The van der Waals surface area contributed by atoms with Gasteiger partial charge in [0.2, 0.25) is 12.7 Å². The van der Waals surface area contributed by atoms with Crippen LogP contribution in [0.15, 0.2) is 24.3 Å². The molecule has 5 heteroatoms. The lowest BCUT2D eigenvalue weighted by Crippen LogP contribution is -2.42. The molecule has 0 atom stereocenters. The van der Waals surface area contributed by atoms with Gasteiger partial charge in [0.15, 0.2) is 11.5 Å². The number of nitrogens with zero attached hydrogens (tertiary/aromatic N) is 1. The van der Waals surface area contributed by atoms with Gasteiger partial charge in [0.05, 0.1) is 0 Å². The molecule has 126 valence electrons. The van der Waals surface area contributed by atoms with Crippen LogP contribution < -0.4 is 9.47 Å². The van der Waals surface area contributed by atoms with Crippen molar-refractivity contribution in [2.24, 2.45) is 0 Å². The summed E-state index contributed by atoms with van der Waals surface area (Å²) in [7, 11) is -0.479.